The Bertz CT molecular complexity index is 755. The molecule has 4 nitrogen and oxygen atoms in total. The summed E-state index contributed by atoms with van der Waals surface area (Å²) in [4.78, 5) is 0.332. The highest BCUT2D eigenvalue weighted by atomic mass is 32.2. The molecule has 0 N–H and O–H groups in total. The maximum absolute atomic E-state index is 12.7. The summed E-state index contributed by atoms with van der Waals surface area (Å²) in [5.74, 6) is 0.803. The molecule has 3 rings (SSSR count). The summed E-state index contributed by atoms with van der Waals surface area (Å²) in [5.41, 5.74) is 2.95. The smallest absolute Gasteiger partial charge is 0.243 e. The van der Waals surface area contributed by atoms with Gasteiger partial charge in [0.1, 0.15) is 5.76 Å². The highest BCUT2D eigenvalue weighted by Gasteiger charge is 2.32. The van der Waals surface area contributed by atoms with Crippen LogP contribution in [0.5, 0.6) is 0 Å². The maximum Gasteiger partial charge on any atom is 0.243 e. The van der Waals surface area contributed by atoms with Gasteiger partial charge in [0.2, 0.25) is 10.0 Å². The molecule has 0 spiro atoms. The average Bonchev–Trinajstić information content (AvgIpc) is 2.80. The van der Waals surface area contributed by atoms with Gasteiger partial charge in [-0.05, 0) is 37.6 Å². The second kappa shape index (κ2) is 5.16. The Labute approximate surface area is 125 Å². The molecule has 0 aromatic heterocycles. The third kappa shape index (κ3) is 2.66. The number of nitrogens with zero attached hydrogens (tertiary/aromatic N) is 1. The lowest BCUT2D eigenvalue weighted by atomic mass is 10.1. The number of fused-ring (bicyclic) bond motifs is 1. The first-order valence-corrected chi connectivity index (χ1v) is 8.21. The Morgan fingerprint density at radius 3 is 2.38 bits per heavy atom. The number of ether oxygens (including phenoxy) is 1. The molecular formula is C16H17NO3S. The molecule has 2 heterocycles. The van der Waals surface area contributed by atoms with Gasteiger partial charge in [-0.1, -0.05) is 23.8 Å². The van der Waals surface area contributed by atoms with Gasteiger partial charge in [-0.2, -0.15) is 4.31 Å². The number of aryl methyl sites for hydroxylation is 1. The molecule has 21 heavy (non-hydrogen) atoms. The minimum Gasteiger partial charge on any atom is -0.469 e. The summed E-state index contributed by atoms with van der Waals surface area (Å²) in [5, 5.41) is 0. The van der Waals surface area contributed by atoms with E-state index in [1.807, 2.05) is 38.1 Å². The Morgan fingerprint density at radius 1 is 1.00 bits per heavy atom. The van der Waals surface area contributed by atoms with E-state index >= 15 is 0 Å². The Kier molecular flexibility index (Phi) is 3.47. The lowest BCUT2D eigenvalue weighted by Crippen LogP contribution is -2.28. The van der Waals surface area contributed by atoms with Crippen LogP contribution in [0.25, 0.3) is 0 Å². The fraction of sp³-hybridized carbons (Fsp3) is 0.250. The predicted octanol–water partition coefficient (Wildman–Crippen LogP) is 2.74. The van der Waals surface area contributed by atoms with Gasteiger partial charge >= 0.3 is 0 Å². The lowest BCUT2D eigenvalue weighted by molar-refractivity contribution is 0.350. The van der Waals surface area contributed by atoms with E-state index in [2.05, 4.69) is 0 Å². The van der Waals surface area contributed by atoms with Crippen molar-refractivity contribution in [1.29, 1.82) is 0 Å². The molecule has 0 unspecified atom stereocenters. The van der Waals surface area contributed by atoms with Crippen LogP contribution in [0.2, 0.25) is 0 Å². The zero-order valence-corrected chi connectivity index (χ0v) is 12.9. The molecule has 2 aliphatic rings. The van der Waals surface area contributed by atoms with Gasteiger partial charge in [0, 0.05) is 18.7 Å². The van der Waals surface area contributed by atoms with E-state index in [0.29, 0.717) is 18.0 Å². The molecule has 0 amide bonds. The van der Waals surface area contributed by atoms with Crippen molar-refractivity contribution in [2.24, 2.45) is 0 Å². The maximum atomic E-state index is 12.7. The van der Waals surface area contributed by atoms with E-state index < -0.39 is 10.0 Å². The van der Waals surface area contributed by atoms with E-state index in [0.717, 1.165) is 22.5 Å². The molecule has 0 radical (unpaired) electrons. The zero-order valence-electron chi connectivity index (χ0n) is 12.0. The van der Waals surface area contributed by atoms with Crippen LogP contribution in [0.1, 0.15) is 12.5 Å². The van der Waals surface area contributed by atoms with Crippen LogP contribution >= 0.6 is 0 Å². The number of rotatable bonds is 2. The van der Waals surface area contributed by atoms with E-state index in [1.165, 1.54) is 4.31 Å². The van der Waals surface area contributed by atoms with Gasteiger partial charge < -0.3 is 4.74 Å². The van der Waals surface area contributed by atoms with E-state index in [4.69, 9.17) is 4.74 Å². The molecule has 2 aliphatic heterocycles. The van der Waals surface area contributed by atoms with Crippen molar-refractivity contribution >= 4 is 10.0 Å². The highest BCUT2D eigenvalue weighted by molar-refractivity contribution is 7.89. The van der Waals surface area contributed by atoms with Crippen molar-refractivity contribution in [1.82, 2.24) is 4.31 Å². The van der Waals surface area contributed by atoms with Crippen LogP contribution in [0.15, 0.2) is 64.5 Å². The van der Waals surface area contributed by atoms with Crippen LogP contribution in [0.4, 0.5) is 0 Å². The number of hydrogen-bond acceptors (Lipinski definition) is 3. The fourth-order valence-corrected chi connectivity index (χ4v) is 3.76. The SMILES string of the molecule is CC1=CC=C2CN(S(=O)(=O)c3ccc(C)cc3)CC2=CO1. The van der Waals surface area contributed by atoms with Crippen molar-refractivity contribution in [2.45, 2.75) is 18.7 Å². The first kappa shape index (κ1) is 14.1. The lowest BCUT2D eigenvalue weighted by Gasteiger charge is -2.15. The summed E-state index contributed by atoms with van der Waals surface area (Å²) >= 11 is 0. The van der Waals surface area contributed by atoms with Crippen molar-refractivity contribution in [3.63, 3.8) is 0 Å². The molecule has 1 aromatic carbocycles. The summed E-state index contributed by atoms with van der Waals surface area (Å²) in [6.45, 7) is 4.54. The number of sulfonamides is 1. The van der Waals surface area contributed by atoms with Gasteiger partial charge in [-0.25, -0.2) is 8.42 Å². The molecule has 0 atom stereocenters. The van der Waals surface area contributed by atoms with Gasteiger partial charge in [0.05, 0.1) is 11.2 Å². The standard InChI is InChI=1S/C16H17NO3S/c1-12-3-7-16(8-4-12)21(18,19)17-9-14-6-5-13(2)20-11-15(14)10-17/h3-8,11H,9-10H2,1-2H3. The van der Waals surface area contributed by atoms with Crippen LogP contribution in [0.3, 0.4) is 0 Å². The van der Waals surface area contributed by atoms with Crippen molar-refractivity contribution < 1.29 is 13.2 Å². The molecular weight excluding hydrogens is 286 g/mol. The summed E-state index contributed by atoms with van der Waals surface area (Å²) in [6, 6.07) is 6.94. The first-order chi connectivity index (χ1) is 9.96. The van der Waals surface area contributed by atoms with Crippen LogP contribution < -0.4 is 0 Å². The van der Waals surface area contributed by atoms with Crippen LogP contribution in [-0.4, -0.2) is 25.8 Å². The first-order valence-electron chi connectivity index (χ1n) is 6.77. The molecule has 1 aromatic rings. The van der Waals surface area contributed by atoms with E-state index in [9.17, 15) is 8.42 Å². The van der Waals surface area contributed by atoms with Crippen LogP contribution in [-0.2, 0) is 14.8 Å². The zero-order chi connectivity index (χ0) is 15.0. The predicted molar refractivity (Wildman–Crippen MR) is 80.9 cm³/mol. The molecule has 0 aliphatic carbocycles. The topological polar surface area (TPSA) is 46.6 Å². The minimum atomic E-state index is -3.46. The molecule has 1 fully saturated rings. The van der Waals surface area contributed by atoms with Gasteiger partial charge in [-0.3, -0.25) is 0 Å². The van der Waals surface area contributed by atoms with Gasteiger partial charge in [-0.15, -0.1) is 0 Å². The minimum absolute atomic E-state index is 0.332. The van der Waals surface area contributed by atoms with E-state index in [-0.39, 0.29) is 0 Å². The average molecular weight is 303 g/mol. The summed E-state index contributed by atoms with van der Waals surface area (Å²) in [7, 11) is -3.46. The van der Waals surface area contributed by atoms with Crippen molar-refractivity contribution in [2.75, 3.05) is 13.1 Å². The second-order valence-corrected chi connectivity index (χ2v) is 7.25. The number of benzene rings is 1. The van der Waals surface area contributed by atoms with Gasteiger partial charge in [0.25, 0.3) is 0 Å². The monoisotopic (exact) mass is 303 g/mol. The normalized spacial score (nSPS) is 19.0. The third-order valence-electron chi connectivity index (χ3n) is 3.67. The number of hydrogen-bond donors (Lipinski definition) is 0. The number of allylic oxidation sites excluding steroid dienone is 3. The van der Waals surface area contributed by atoms with Gasteiger partial charge in [0.15, 0.2) is 0 Å². The summed E-state index contributed by atoms with van der Waals surface area (Å²) in [6.07, 6.45) is 5.44. The Balaban J connectivity index is 1.91. The highest BCUT2D eigenvalue weighted by Crippen LogP contribution is 2.29. The third-order valence-corrected chi connectivity index (χ3v) is 5.48. The molecule has 0 saturated carbocycles. The molecule has 5 heteroatoms. The second-order valence-electron chi connectivity index (χ2n) is 5.32. The van der Waals surface area contributed by atoms with Crippen molar-refractivity contribution in [3.05, 3.63) is 65.1 Å². The quantitative estimate of drug-likeness (QED) is 0.844. The Morgan fingerprint density at radius 2 is 1.67 bits per heavy atom. The largest absolute Gasteiger partial charge is 0.469 e. The molecule has 110 valence electrons. The van der Waals surface area contributed by atoms with E-state index in [1.54, 1.807) is 18.4 Å². The fourth-order valence-electron chi connectivity index (χ4n) is 2.36. The van der Waals surface area contributed by atoms with Crippen molar-refractivity contribution in [3.8, 4) is 0 Å². The summed E-state index contributed by atoms with van der Waals surface area (Å²) < 4.78 is 32.2. The molecule has 1 saturated heterocycles. The Hall–Kier alpha value is -1.85. The molecule has 0 bridgehead atoms. The van der Waals surface area contributed by atoms with Crippen LogP contribution in [0, 0.1) is 6.92 Å².